The first-order valence-electron chi connectivity index (χ1n) is 8.49. The Morgan fingerprint density at radius 3 is 2.59 bits per heavy atom. The third kappa shape index (κ3) is 1.92. The van der Waals surface area contributed by atoms with Crippen molar-refractivity contribution in [1.29, 1.82) is 0 Å². The van der Waals surface area contributed by atoms with Crippen molar-refractivity contribution in [2.45, 2.75) is 38.7 Å². The SMILES string of the molecule is CNCCOC1(c2ccccc2)CC2CCC1(C)C2(C)CO. The highest BCUT2D eigenvalue weighted by molar-refractivity contribution is 5.33. The van der Waals surface area contributed by atoms with Gasteiger partial charge in [-0.2, -0.15) is 0 Å². The molecule has 1 aromatic carbocycles. The lowest BCUT2D eigenvalue weighted by Crippen LogP contribution is -2.49. The molecule has 2 bridgehead atoms. The number of benzene rings is 1. The summed E-state index contributed by atoms with van der Waals surface area (Å²) in [6.07, 6.45) is 3.36. The molecule has 2 aliphatic rings. The molecule has 2 aliphatic carbocycles. The first kappa shape index (κ1) is 16.0. The Morgan fingerprint density at radius 1 is 1.27 bits per heavy atom. The molecule has 2 saturated carbocycles. The number of aliphatic hydroxyl groups is 1. The van der Waals surface area contributed by atoms with E-state index in [2.05, 4.69) is 49.5 Å². The maximum Gasteiger partial charge on any atom is 0.0994 e. The molecule has 4 atom stereocenters. The van der Waals surface area contributed by atoms with Crippen LogP contribution >= 0.6 is 0 Å². The Hall–Kier alpha value is -0.900. The number of hydrogen-bond acceptors (Lipinski definition) is 3. The fourth-order valence-electron chi connectivity index (χ4n) is 5.16. The monoisotopic (exact) mass is 303 g/mol. The van der Waals surface area contributed by atoms with E-state index in [4.69, 9.17) is 4.74 Å². The molecule has 122 valence electrons. The van der Waals surface area contributed by atoms with Gasteiger partial charge in [-0.05, 0) is 37.8 Å². The largest absolute Gasteiger partial charge is 0.396 e. The molecule has 2 N–H and O–H groups in total. The molecule has 0 aliphatic heterocycles. The second kappa shape index (κ2) is 5.63. The Bertz CT molecular complexity index is 519. The first-order chi connectivity index (χ1) is 10.5. The van der Waals surface area contributed by atoms with Crippen LogP contribution < -0.4 is 5.32 Å². The Kier molecular flexibility index (Phi) is 4.09. The van der Waals surface area contributed by atoms with Crippen LogP contribution in [-0.2, 0) is 10.3 Å². The molecule has 0 radical (unpaired) electrons. The fraction of sp³-hybridized carbons (Fsp3) is 0.684. The zero-order valence-corrected chi connectivity index (χ0v) is 14.1. The van der Waals surface area contributed by atoms with Crippen molar-refractivity contribution in [2.24, 2.45) is 16.7 Å². The summed E-state index contributed by atoms with van der Waals surface area (Å²) < 4.78 is 6.58. The molecule has 0 aromatic heterocycles. The lowest BCUT2D eigenvalue weighted by Gasteiger charge is -2.49. The number of likely N-dealkylation sites (N-methyl/N-ethyl adjacent to an activating group) is 1. The molecule has 0 heterocycles. The smallest absolute Gasteiger partial charge is 0.0994 e. The molecule has 1 aromatic rings. The first-order valence-corrected chi connectivity index (χ1v) is 8.49. The van der Waals surface area contributed by atoms with Gasteiger partial charge in [-0.15, -0.1) is 0 Å². The van der Waals surface area contributed by atoms with E-state index in [1.807, 2.05) is 7.05 Å². The third-order valence-corrected chi connectivity index (χ3v) is 6.85. The molecule has 0 spiro atoms. The van der Waals surface area contributed by atoms with Gasteiger partial charge in [-0.25, -0.2) is 0 Å². The second-order valence-electron chi connectivity index (χ2n) is 7.49. The number of hydrogen-bond donors (Lipinski definition) is 2. The minimum atomic E-state index is -0.272. The van der Waals surface area contributed by atoms with Gasteiger partial charge in [0.15, 0.2) is 0 Å². The van der Waals surface area contributed by atoms with Gasteiger partial charge in [0.25, 0.3) is 0 Å². The van der Waals surface area contributed by atoms with Gasteiger partial charge >= 0.3 is 0 Å². The standard InChI is InChI=1S/C19H29NO2/c1-17(14-21)16-9-10-18(17,2)19(13-16,22-12-11-20-3)15-7-5-4-6-8-15/h4-8,16,20-21H,9-14H2,1-3H3. The van der Waals surface area contributed by atoms with Gasteiger partial charge in [0.05, 0.1) is 12.2 Å². The molecular weight excluding hydrogens is 274 g/mol. The van der Waals surface area contributed by atoms with Crippen LogP contribution in [0.5, 0.6) is 0 Å². The van der Waals surface area contributed by atoms with Crippen LogP contribution in [-0.4, -0.2) is 31.9 Å². The number of aliphatic hydroxyl groups excluding tert-OH is 1. The third-order valence-electron chi connectivity index (χ3n) is 6.85. The minimum Gasteiger partial charge on any atom is -0.396 e. The van der Waals surface area contributed by atoms with E-state index in [-0.39, 0.29) is 23.0 Å². The van der Waals surface area contributed by atoms with Gasteiger partial charge in [0.2, 0.25) is 0 Å². The van der Waals surface area contributed by atoms with Crippen molar-refractivity contribution in [2.75, 3.05) is 26.8 Å². The van der Waals surface area contributed by atoms with Gasteiger partial charge in [0, 0.05) is 24.0 Å². The predicted octanol–water partition coefficient (Wildman–Crippen LogP) is 2.94. The maximum atomic E-state index is 10.2. The lowest BCUT2D eigenvalue weighted by molar-refractivity contribution is -0.152. The van der Waals surface area contributed by atoms with Crippen LogP contribution in [0.3, 0.4) is 0 Å². The average molecular weight is 303 g/mol. The number of fused-ring (bicyclic) bond motifs is 2. The van der Waals surface area contributed by atoms with Crippen molar-refractivity contribution < 1.29 is 9.84 Å². The van der Waals surface area contributed by atoms with E-state index in [0.717, 1.165) is 19.4 Å². The van der Waals surface area contributed by atoms with Crippen LogP contribution in [0.25, 0.3) is 0 Å². The van der Waals surface area contributed by atoms with Gasteiger partial charge < -0.3 is 15.2 Å². The summed E-state index contributed by atoms with van der Waals surface area (Å²) in [5.41, 5.74) is 0.929. The van der Waals surface area contributed by atoms with Crippen molar-refractivity contribution in [3.63, 3.8) is 0 Å². The molecule has 2 fully saturated rings. The molecule has 3 heteroatoms. The molecule has 3 nitrogen and oxygen atoms in total. The van der Waals surface area contributed by atoms with Crippen molar-refractivity contribution in [1.82, 2.24) is 5.32 Å². The highest BCUT2D eigenvalue weighted by Gasteiger charge is 2.71. The predicted molar refractivity (Wildman–Crippen MR) is 88.6 cm³/mol. The van der Waals surface area contributed by atoms with Crippen LogP contribution in [0.1, 0.15) is 38.7 Å². The second-order valence-corrected chi connectivity index (χ2v) is 7.49. The summed E-state index contributed by atoms with van der Waals surface area (Å²) in [7, 11) is 1.96. The molecule has 0 amide bonds. The number of ether oxygens (including phenoxy) is 1. The molecule has 4 unspecified atom stereocenters. The van der Waals surface area contributed by atoms with E-state index in [9.17, 15) is 5.11 Å². The summed E-state index contributed by atoms with van der Waals surface area (Å²) in [4.78, 5) is 0. The summed E-state index contributed by atoms with van der Waals surface area (Å²) in [5.74, 6) is 0.539. The van der Waals surface area contributed by atoms with E-state index >= 15 is 0 Å². The minimum absolute atomic E-state index is 0.0193. The number of nitrogens with one attached hydrogen (secondary N) is 1. The van der Waals surface area contributed by atoms with Crippen molar-refractivity contribution in [3.05, 3.63) is 35.9 Å². The van der Waals surface area contributed by atoms with Crippen LogP contribution in [0.2, 0.25) is 0 Å². The normalized spacial score (nSPS) is 40.3. The Balaban J connectivity index is 2.05. The number of rotatable bonds is 6. The molecular formula is C19H29NO2. The van der Waals surface area contributed by atoms with E-state index in [1.54, 1.807) is 0 Å². The lowest BCUT2D eigenvalue weighted by atomic mass is 9.61. The van der Waals surface area contributed by atoms with Crippen molar-refractivity contribution >= 4 is 0 Å². The van der Waals surface area contributed by atoms with E-state index in [0.29, 0.717) is 12.5 Å². The van der Waals surface area contributed by atoms with Crippen LogP contribution in [0.15, 0.2) is 30.3 Å². The zero-order chi connectivity index (χ0) is 15.8. The summed E-state index contributed by atoms with van der Waals surface area (Å²) in [6, 6.07) is 10.7. The molecule has 22 heavy (non-hydrogen) atoms. The zero-order valence-electron chi connectivity index (χ0n) is 14.1. The molecule has 3 rings (SSSR count). The summed E-state index contributed by atoms with van der Waals surface area (Å²) >= 11 is 0. The topological polar surface area (TPSA) is 41.5 Å². The van der Waals surface area contributed by atoms with Gasteiger partial charge in [-0.1, -0.05) is 44.2 Å². The van der Waals surface area contributed by atoms with Crippen LogP contribution in [0, 0.1) is 16.7 Å². The van der Waals surface area contributed by atoms with Gasteiger partial charge in [0.1, 0.15) is 0 Å². The Morgan fingerprint density at radius 2 is 2.00 bits per heavy atom. The maximum absolute atomic E-state index is 10.2. The molecule has 0 saturated heterocycles. The van der Waals surface area contributed by atoms with E-state index in [1.165, 1.54) is 12.0 Å². The summed E-state index contributed by atoms with van der Waals surface area (Å²) in [5, 5.41) is 13.3. The highest BCUT2D eigenvalue weighted by atomic mass is 16.5. The summed E-state index contributed by atoms with van der Waals surface area (Å²) in [6.45, 7) is 6.40. The van der Waals surface area contributed by atoms with Crippen LogP contribution in [0.4, 0.5) is 0 Å². The fourth-order valence-corrected chi connectivity index (χ4v) is 5.16. The average Bonchev–Trinajstić information content (AvgIpc) is 2.91. The van der Waals surface area contributed by atoms with Gasteiger partial charge in [-0.3, -0.25) is 0 Å². The van der Waals surface area contributed by atoms with Crippen molar-refractivity contribution in [3.8, 4) is 0 Å². The quantitative estimate of drug-likeness (QED) is 0.794. The van der Waals surface area contributed by atoms with E-state index < -0.39 is 0 Å². The Labute approximate surface area is 134 Å². The highest BCUT2D eigenvalue weighted by Crippen LogP contribution is 2.73.